The molecule has 4 aromatic rings. The van der Waals surface area contributed by atoms with Gasteiger partial charge < -0.3 is 9.15 Å². The van der Waals surface area contributed by atoms with Gasteiger partial charge in [0.15, 0.2) is 5.82 Å². The van der Waals surface area contributed by atoms with Crippen LogP contribution in [0.2, 0.25) is 5.02 Å². The Hall–Kier alpha value is -2.90. The van der Waals surface area contributed by atoms with Crippen molar-refractivity contribution in [1.29, 1.82) is 0 Å². The first kappa shape index (κ1) is 18.5. The van der Waals surface area contributed by atoms with E-state index in [1.165, 1.54) is 0 Å². The number of hydrogen-bond donors (Lipinski definition) is 1. The van der Waals surface area contributed by atoms with Crippen LogP contribution in [0.25, 0.3) is 11.0 Å². The third-order valence-corrected chi connectivity index (χ3v) is 4.75. The quantitative estimate of drug-likeness (QED) is 0.341. The molecule has 0 unspecified atom stereocenters. The van der Waals surface area contributed by atoms with Gasteiger partial charge >= 0.3 is 0 Å². The second-order valence-electron chi connectivity index (χ2n) is 6.03. The van der Waals surface area contributed by atoms with Gasteiger partial charge in [0, 0.05) is 22.4 Å². The van der Waals surface area contributed by atoms with E-state index in [9.17, 15) is 0 Å². The van der Waals surface area contributed by atoms with Crippen LogP contribution in [0, 0.1) is 4.77 Å². The van der Waals surface area contributed by atoms with Crippen molar-refractivity contribution in [1.82, 2.24) is 14.9 Å². The molecule has 0 spiro atoms. The van der Waals surface area contributed by atoms with E-state index >= 15 is 0 Å². The van der Waals surface area contributed by atoms with E-state index in [4.69, 9.17) is 33.0 Å². The maximum atomic E-state index is 5.91. The van der Waals surface area contributed by atoms with Gasteiger partial charge in [-0.3, -0.25) is 0 Å². The number of furan rings is 1. The first-order chi connectivity index (χ1) is 13.7. The van der Waals surface area contributed by atoms with Crippen LogP contribution in [0.3, 0.4) is 0 Å². The van der Waals surface area contributed by atoms with Crippen LogP contribution in [0.1, 0.15) is 24.1 Å². The Morgan fingerprint density at radius 2 is 2.04 bits per heavy atom. The van der Waals surface area contributed by atoms with Crippen molar-refractivity contribution in [2.45, 2.75) is 20.0 Å². The van der Waals surface area contributed by atoms with E-state index < -0.39 is 0 Å². The number of aromatic nitrogens is 3. The number of nitrogens with one attached hydrogen (secondary N) is 1. The molecule has 1 N–H and O–H groups in total. The molecule has 0 aliphatic rings. The summed E-state index contributed by atoms with van der Waals surface area (Å²) in [5.41, 5.74) is 1.77. The Balaban J connectivity index is 1.61. The van der Waals surface area contributed by atoms with Gasteiger partial charge in [-0.25, -0.2) is 5.10 Å². The van der Waals surface area contributed by atoms with Crippen molar-refractivity contribution in [3.05, 3.63) is 75.5 Å². The summed E-state index contributed by atoms with van der Waals surface area (Å²) >= 11 is 11.2. The fourth-order valence-corrected chi connectivity index (χ4v) is 3.18. The normalized spacial score (nSPS) is 11.5. The zero-order valence-corrected chi connectivity index (χ0v) is 16.6. The van der Waals surface area contributed by atoms with Crippen molar-refractivity contribution in [2.24, 2.45) is 5.10 Å². The largest absolute Gasteiger partial charge is 0.486 e. The average Bonchev–Trinajstić information content (AvgIpc) is 3.25. The van der Waals surface area contributed by atoms with Gasteiger partial charge in [0.25, 0.3) is 0 Å². The molecule has 0 aliphatic heterocycles. The maximum Gasteiger partial charge on any atom is 0.216 e. The lowest BCUT2D eigenvalue weighted by Gasteiger charge is -2.05. The van der Waals surface area contributed by atoms with Gasteiger partial charge in [0.1, 0.15) is 23.7 Å². The number of aryl methyl sites for hydroxylation is 1. The molecular formula is C20H17ClN4O2S. The summed E-state index contributed by atoms with van der Waals surface area (Å²) in [7, 11) is 0. The molecule has 2 heterocycles. The molecule has 0 radical (unpaired) electrons. The molecule has 2 aromatic carbocycles. The van der Waals surface area contributed by atoms with Crippen LogP contribution >= 0.6 is 23.8 Å². The molecule has 0 atom stereocenters. The van der Waals surface area contributed by atoms with Gasteiger partial charge in [-0.2, -0.15) is 14.9 Å². The van der Waals surface area contributed by atoms with Crippen LogP contribution in [0.5, 0.6) is 5.75 Å². The lowest BCUT2D eigenvalue weighted by atomic mass is 10.1. The molecule has 0 amide bonds. The second-order valence-corrected chi connectivity index (χ2v) is 6.86. The van der Waals surface area contributed by atoms with Crippen molar-refractivity contribution in [3.8, 4) is 5.75 Å². The van der Waals surface area contributed by atoms with Gasteiger partial charge in [-0.1, -0.05) is 36.7 Å². The van der Waals surface area contributed by atoms with Crippen molar-refractivity contribution < 1.29 is 9.15 Å². The molecule has 142 valence electrons. The molecular weight excluding hydrogens is 396 g/mol. The Kier molecular flexibility index (Phi) is 5.27. The number of aromatic amines is 1. The third-order valence-electron chi connectivity index (χ3n) is 4.23. The highest BCUT2D eigenvalue weighted by Crippen LogP contribution is 2.25. The van der Waals surface area contributed by atoms with Crippen LogP contribution < -0.4 is 4.74 Å². The first-order valence-corrected chi connectivity index (χ1v) is 9.53. The molecule has 0 fully saturated rings. The lowest BCUT2D eigenvalue weighted by molar-refractivity contribution is 0.290. The number of ether oxygens (including phenoxy) is 1. The minimum atomic E-state index is 0.207. The van der Waals surface area contributed by atoms with Crippen molar-refractivity contribution in [3.63, 3.8) is 0 Å². The minimum absolute atomic E-state index is 0.207. The standard InChI is InChI=1S/C20H17ClN4O2S/c1-2-17-16(15-5-3-4-6-18(15)27-17)11-22-25-19(23-24-20(25)28)12-26-14-9-7-13(21)8-10-14/h3-11H,2,12H2,1H3,(H,24,28)/b22-11-. The number of H-pyrrole nitrogens is 1. The molecule has 8 heteroatoms. The second kappa shape index (κ2) is 8.00. The summed E-state index contributed by atoms with van der Waals surface area (Å²) in [4.78, 5) is 0. The number of para-hydroxylation sites is 1. The zero-order chi connectivity index (χ0) is 19.5. The molecule has 0 aliphatic carbocycles. The van der Waals surface area contributed by atoms with Gasteiger partial charge in [0.05, 0.1) is 6.21 Å². The fourth-order valence-electron chi connectivity index (χ4n) is 2.85. The number of halogens is 1. The number of benzene rings is 2. The van der Waals surface area contributed by atoms with Crippen LogP contribution in [0.15, 0.2) is 58.0 Å². The van der Waals surface area contributed by atoms with Crippen LogP contribution in [-0.4, -0.2) is 21.1 Å². The van der Waals surface area contributed by atoms with Crippen molar-refractivity contribution in [2.75, 3.05) is 0 Å². The molecule has 4 rings (SSSR count). The lowest BCUT2D eigenvalue weighted by Crippen LogP contribution is -2.04. The maximum absolute atomic E-state index is 5.91. The predicted molar refractivity (Wildman–Crippen MR) is 112 cm³/mol. The molecule has 0 bridgehead atoms. The SMILES string of the molecule is CCc1oc2ccccc2c1/C=N\n1c(COc2ccc(Cl)cc2)n[nH]c1=S. The third kappa shape index (κ3) is 3.72. The molecule has 0 saturated carbocycles. The Morgan fingerprint density at radius 1 is 1.25 bits per heavy atom. The molecule has 2 aromatic heterocycles. The Morgan fingerprint density at radius 3 is 2.82 bits per heavy atom. The highest BCUT2D eigenvalue weighted by Gasteiger charge is 2.12. The van der Waals surface area contributed by atoms with E-state index in [-0.39, 0.29) is 6.61 Å². The number of hydrogen-bond acceptors (Lipinski definition) is 5. The Bertz CT molecular complexity index is 1190. The highest BCUT2D eigenvalue weighted by molar-refractivity contribution is 7.71. The summed E-state index contributed by atoms with van der Waals surface area (Å²) in [5, 5.41) is 13.2. The van der Waals surface area contributed by atoms with Gasteiger partial charge in [-0.05, 0) is 42.5 Å². The summed E-state index contributed by atoms with van der Waals surface area (Å²) in [5.74, 6) is 2.11. The summed E-state index contributed by atoms with van der Waals surface area (Å²) in [6.07, 6.45) is 2.52. The fraction of sp³-hybridized carbons (Fsp3) is 0.150. The number of fused-ring (bicyclic) bond motifs is 1. The van der Waals surface area contributed by atoms with E-state index in [1.807, 2.05) is 31.2 Å². The molecule has 6 nitrogen and oxygen atoms in total. The topological polar surface area (TPSA) is 68.3 Å². The monoisotopic (exact) mass is 412 g/mol. The number of nitrogens with zero attached hydrogens (tertiary/aromatic N) is 3. The highest BCUT2D eigenvalue weighted by atomic mass is 35.5. The van der Waals surface area contributed by atoms with Crippen LogP contribution in [-0.2, 0) is 13.0 Å². The van der Waals surface area contributed by atoms with E-state index in [0.29, 0.717) is 21.4 Å². The predicted octanol–water partition coefficient (Wildman–Crippen LogP) is 5.36. The summed E-state index contributed by atoms with van der Waals surface area (Å²) in [6.45, 7) is 2.25. The zero-order valence-electron chi connectivity index (χ0n) is 15.1. The van der Waals surface area contributed by atoms with Gasteiger partial charge in [0.2, 0.25) is 4.77 Å². The van der Waals surface area contributed by atoms with Gasteiger partial charge in [-0.15, -0.1) is 0 Å². The van der Waals surface area contributed by atoms with E-state index in [2.05, 4.69) is 15.3 Å². The first-order valence-electron chi connectivity index (χ1n) is 8.75. The van der Waals surface area contributed by atoms with E-state index in [1.54, 1.807) is 35.2 Å². The minimum Gasteiger partial charge on any atom is -0.486 e. The Labute approximate surface area is 171 Å². The smallest absolute Gasteiger partial charge is 0.216 e. The average molecular weight is 413 g/mol. The van der Waals surface area contributed by atoms with Crippen LogP contribution in [0.4, 0.5) is 0 Å². The molecule has 0 saturated heterocycles. The summed E-state index contributed by atoms with van der Waals surface area (Å²) < 4.78 is 13.6. The molecule has 28 heavy (non-hydrogen) atoms. The summed E-state index contributed by atoms with van der Waals surface area (Å²) in [6, 6.07) is 15.0. The number of rotatable bonds is 6. The van der Waals surface area contributed by atoms with Crippen molar-refractivity contribution >= 4 is 41.0 Å². The van der Waals surface area contributed by atoms with E-state index in [0.717, 1.165) is 28.7 Å².